The zero-order valence-corrected chi connectivity index (χ0v) is 66.2. The lowest BCUT2D eigenvalue weighted by molar-refractivity contribution is -0.384. The van der Waals surface area contributed by atoms with Crippen LogP contribution in [-0.2, 0) is 55.8 Å². The van der Waals surface area contributed by atoms with Crippen LogP contribution < -0.4 is 42.0 Å². The van der Waals surface area contributed by atoms with E-state index in [1.54, 1.807) is 38.1 Å². The Morgan fingerprint density at radius 2 is 0.821 bits per heavy atom. The van der Waals surface area contributed by atoms with Crippen molar-refractivity contribution in [2.24, 2.45) is 5.92 Å². The Labute approximate surface area is 684 Å². The van der Waals surface area contributed by atoms with E-state index in [1.807, 2.05) is 294 Å². The van der Waals surface area contributed by atoms with Crippen LogP contribution in [0.1, 0.15) is 126 Å². The van der Waals surface area contributed by atoms with E-state index < -0.39 is 146 Å². The third-order valence-electron chi connectivity index (χ3n) is 20.4. The zero-order valence-electron chi connectivity index (χ0n) is 65.4. The van der Waals surface area contributed by atoms with Crippen LogP contribution in [0.3, 0.4) is 0 Å². The minimum absolute atomic E-state index is 0.198. The van der Waals surface area contributed by atoms with Crippen LogP contribution >= 0.6 is 11.8 Å². The van der Waals surface area contributed by atoms with E-state index in [9.17, 15) is 24.8 Å². The average Bonchev–Trinajstić information content (AvgIpc) is 0.763. The number of halogens is 1. The monoisotopic (exact) mass is 1590 g/mol. The molecule has 598 valence electrons. The van der Waals surface area contributed by atoms with Crippen molar-refractivity contribution < 1.29 is 57.5 Å². The van der Waals surface area contributed by atoms with Gasteiger partial charge in [0.2, 0.25) is 35.4 Å². The van der Waals surface area contributed by atoms with Gasteiger partial charge in [0, 0.05) is 30.7 Å². The molecule has 0 unspecified atom stereocenters. The number of hydrogen-bond donors (Lipinski definition) is 8. The number of aliphatic carboxylic acids is 1. The second-order valence-corrected chi connectivity index (χ2v) is 30.8. The van der Waals surface area contributed by atoms with Crippen molar-refractivity contribution in [3.8, 4) is 5.75 Å². The van der Waals surface area contributed by atoms with Crippen molar-refractivity contribution in [2.75, 3.05) is 5.75 Å². The third kappa shape index (κ3) is 20.8. The summed E-state index contributed by atoms with van der Waals surface area (Å²) in [5.41, 5.74) is 1.81. The van der Waals surface area contributed by atoms with Gasteiger partial charge in [0.25, 0.3) is 11.6 Å². The van der Waals surface area contributed by atoms with Crippen molar-refractivity contribution in [3.63, 3.8) is 0 Å². The number of carboxylic acid groups (broad SMARTS) is 1. The number of carbonyl (C=O) groups excluding carboxylic acids is 7. The number of nitrogens with zero attached hydrogens (tertiary/aromatic N) is 1. The van der Waals surface area contributed by atoms with Crippen molar-refractivity contribution in [1.29, 1.82) is 0 Å². The quantitative estimate of drug-likeness (QED) is 0.0103. The molecule has 22 heteroatoms. The summed E-state index contributed by atoms with van der Waals surface area (Å²) >= 11 is 1.25. The first-order valence-electron chi connectivity index (χ1n) is 38.6. The van der Waals surface area contributed by atoms with Crippen LogP contribution in [0, 0.1) is 21.8 Å². The van der Waals surface area contributed by atoms with Crippen LogP contribution in [0.25, 0.3) is 0 Å². The van der Waals surface area contributed by atoms with E-state index in [-0.39, 0.29) is 18.6 Å². The lowest BCUT2D eigenvalue weighted by Gasteiger charge is -2.37. The molecule has 0 radical (unpaired) electrons. The summed E-state index contributed by atoms with van der Waals surface area (Å²) in [5, 5.41) is 43.5. The third-order valence-corrected chi connectivity index (χ3v) is 22.1. The van der Waals surface area contributed by atoms with E-state index >= 15 is 33.2 Å². The SMILES string of the molecule is CC[C@H](C)[C@H](NC(=O)[C@H](Cc1ccc(OC(C)(C)C)cc1)NC(=O)c1cc([N+](=O)[O-])ccc1F)C(=O)N[C@@H](CCC(=O)NC(c1ccccc1)(c1ccccc1)c1ccccc1)C(=O)N[C@@H](CC(=O)NC(c1ccccc1)(c1ccccc1)c1ccccc1)C(=O)N[C@@H](CSC(c1ccccc1)(c1ccccc1)c1ccccc1)C(=O)O. The number of thioether (sulfide) groups is 1. The summed E-state index contributed by atoms with van der Waals surface area (Å²) in [4.78, 5) is 134. The van der Waals surface area contributed by atoms with Gasteiger partial charge in [0.05, 0.1) is 21.7 Å². The fourth-order valence-corrected chi connectivity index (χ4v) is 16.0. The fourth-order valence-electron chi connectivity index (χ4n) is 14.5. The maximum absolute atomic E-state index is 16.2. The topological polar surface area (TPSA) is 293 Å². The predicted molar refractivity (Wildman–Crippen MR) is 450 cm³/mol. The van der Waals surface area contributed by atoms with E-state index in [1.165, 1.54) is 11.8 Å². The molecular formula is C95H93FN8O12S. The number of nitro benzene ring substituents is 1. The van der Waals surface area contributed by atoms with Crippen LogP contribution in [-0.4, -0.2) is 98.9 Å². The highest BCUT2D eigenvalue weighted by atomic mass is 32.2. The first-order valence-corrected chi connectivity index (χ1v) is 39.6. The average molecular weight is 1590 g/mol. The number of hydrogen-bond acceptors (Lipinski definition) is 12. The van der Waals surface area contributed by atoms with E-state index in [0.29, 0.717) is 44.7 Å². The first kappa shape index (κ1) is 84.6. The summed E-state index contributed by atoms with van der Waals surface area (Å²) in [6.45, 7) is 8.95. The molecule has 6 atom stereocenters. The summed E-state index contributed by atoms with van der Waals surface area (Å²) in [5.74, 6) is -10.1. The Hall–Kier alpha value is -13.3. The standard InChI is InChI=1S/C95H93FN8O12S/c1-6-64(2)85(101-89(110)80(60-65-52-55-76(56-53-65)116-92(3,4)5)98-86(107)77-61-75(104(114)115)54-57-78(77)96)90(111)97-79(58-59-83(105)102-93(66-34-16-7-17-35-66,67-36-18-8-19-37-67)68-38-20-9-21-39-68)87(108)99-81(62-84(106)103-94(69-40-22-10-23-41-69,70-42-24-11-25-43-70)71-44-26-12-27-45-71)88(109)100-82(91(112)113)63-117-95(72-46-28-13-29-47-72,73-48-30-14-31-49-73)74-50-32-15-33-51-74/h7-57,61,64,79-82,85H,6,58-60,62-63H2,1-5H3,(H,97,111)(H,98,107)(H,99,108)(H,100,109)(H,101,110)(H,102,105)(H,103,106)(H,112,113)/t64-,79-,80-,81-,82-,85-/m0/s1. The second kappa shape index (κ2) is 39.1. The summed E-state index contributed by atoms with van der Waals surface area (Å²) in [7, 11) is 0. The normalized spacial score (nSPS) is 13.1. The number of carboxylic acids is 1. The Morgan fingerprint density at radius 1 is 0.453 bits per heavy atom. The molecule has 0 heterocycles. The van der Waals surface area contributed by atoms with Gasteiger partial charge in [-0.05, 0) is 107 Å². The molecule has 0 spiro atoms. The van der Waals surface area contributed by atoms with Crippen molar-refractivity contribution in [3.05, 3.63) is 393 Å². The summed E-state index contributed by atoms with van der Waals surface area (Å²) in [6.07, 6.45) is -2.01. The highest BCUT2D eigenvalue weighted by Gasteiger charge is 2.44. The van der Waals surface area contributed by atoms with Gasteiger partial charge >= 0.3 is 5.97 Å². The number of carbonyl (C=O) groups is 8. The number of rotatable bonds is 36. The lowest BCUT2D eigenvalue weighted by atomic mass is 9.77. The molecule has 11 aromatic carbocycles. The smallest absolute Gasteiger partial charge is 0.327 e. The molecule has 20 nitrogen and oxygen atoms in total. The minimum atomic E-state index is -1.97. The van der Waals surface area contributed by atoms with Gasteiger partial charge in [0.1, 0.15) is 58.5 Å². The van der Waals surface area contributed by atoms with E-state index in [2.05, 4.69) is 37.2 Å². The van der Waals surface area contributed by atoms with Crippen LogP contribution in [0.2, 0.25) is 0 Å². The summed E-state index contributed by atoms with van der Waals surface area (Å²) < 4.78 is 20.6. The molecule has 7 amide bonds. The number of benzene rings is 11. The van der Waals surface area contributed by atoms with Crippen molar-refractivity contribution in [2.45, 2.75) is 118 Å². The maximum Gasteiger partial charge on any atom is 0.327 e. The molecule has 0 saturated heterocycles. The summed E-state index contributed by atoms with van der Waals surface area (Å²) in [6, 6.07) is 83.8. The molecule has 0 aliphatic carbocycles. The lowest BCUT2D eigenvalue weighted by Crippen LogP contribution is -2.61. The largest absolute Gasteiger partial charge is 0.488 e. The van der Waals surface area contributed by atoms with Gasteiger partial charge in [-0.3, -0.25) is 43.7 Å². The first-order chi connectivity index (χ1) is 56.4. The van der Waals surface area contributed by atoms with Gasteiger partial charge in [0.15, 0.2) is 0 Å². The number of ether oxygens (including phenoxy) is 1. The zero-order chi connectivity index (χ0) is 83.1. The number of non-ortho nitro benzene ring substituents is 1. The molecule has 0 bridgehead atoms. The second-order valence-electron chi connectivity index (χ2n) is 29.5. The molecule has 0 saturated carbocycles. The Morgan fingerprint density at radius 3 is 1.21 bits per heavy atom. The minimum Gasteiger partial charge on any atom is -0.488 e. The molecule has 0 aliphatic rings. The van der Waals surface area contributed by atoms with Gasteiger partial charge in [-0.1, -0.05) is 305 Å². The van der Waals surface area contributed by atoms with Crippen LogP contribution in [0.4, 0.5) is 10.1 Å². The predicted octanol–water partition coefficient (Wildman–Crippen LogP) is 14.4. The highest BCUT2D eigenvalue weighted by Crippen LogP contribution is 2.49. The number of amides is 7. The van der Waals surface area contributed by atoms with E-state index in [0.717, 1.165) is 34.9 Å². The highest BCUT2D eigenvalue weighted by molar-refractivity contribution is 8.00. The number of nitrogens with one attached hydrogen (secondary N) is 7. The molecule has 0 aromatic heterocycles. The molecule has 8 N–H and O–H groups in total. The molecule has 0 aliphatic heterocycles. The Balaban J connectivity index is 0.993. The number of nitro groups is 1. The molecule has 0 fully saturated rings. The van der Waals surface area contributed by atoms with E-state index in [4.69, 9.17) is 4.74 Å². The van der Waals surface area contributed by atoms with Gasteiger partial charge in [-0.15, -0.1) is 11.8 Å². The molecule has 11 aromatic rings. The fraction of sp³-hybridized carbons (Fsp3) is 0.221. The maximum atomic E-state index is 16.2. The van der Waals surface area contributed by atoms with Gasteiger partial charge in [-0.2, -0.15) is 0 Å². The Kier molecular flexibility index (Phi) is 28.3. The van der Waals surface area contributed by atoms with Crippen molar-refractivity contribution >= 4 is 64.8 Å². The van der Waals surface area contributed by atoms with Crippen LogP contribution in [0.15, 0.2) is 315 Å². The van der Waals surface area contributed by atoms with Gasteiger partial charge in [-0.25, -0.2) is 9.18 Å². The molecule has 11 rings (SSSR count). The Bertz CT molecular complexity index is 4910. The van der Waals surface area contributed by atoms with Crippen LogP contribution in [0.5, 0.6) is 5.75 Å². The van der Waals surface area contributed by atoms with Crippen molar-refractivity contribution in [1.82, 2.24) is 37.2 Å². The molecule has 117 heavy (non-hydrogen) atoms. The van der Waals surface area contributed by atoms with Gasteiger partial charge < -0.3 is 47.1 Å². The molecular weight excluding hydrogens is 1500 g/mol.